The quantitative estimate of drug-likeness (QED) is 0.764. The Labute approximate surface area is 145 Å². The Kier molecular flexibility index (Phi) is 4.89. The monoisotopic (exact) mass is 347 g/mol. The highest BCUT2D eigenvalue weighted by Crippen LogP contribution is 2.21. The van der Waals surface area contributed by atoms with E-state index in [2.05, 4.69) is 37.7 Å². The molecule has 0 saturated carbocycles. The third kappa shape index (κ3) is 3.16. The molecule has 1 unspecified atom stereocenters. The van der Waals surface area contributed by atoms with Gasteiger partial charge in [0.1, 0.15) is 0 Å². The Balaban J connectivity index is 0.00000169. The summed E-state index contributed by atoms with van der Waals surface area (Å²) in [6.45, 7) is 2.74. The van der Waals surface area contributed by atoms with Crippen LogP contribution < -0.4 is 5.32 Å². The molecule has 1 aliphatic rings. The molecule has 24 heavy (non-hydrogen) atoms. The Morgan fingerprint density at radius 1 is 1.25 bits per heavy atom. The van der Waals surface area contributed by atoms with Crippen LogP contribution in [0.3, 0.4) is 0 Å². The number of aromatic nitrogens is 5. The van der Waals surface area contributed by atoms with E-state index < -0.39 is 0 Å². The number of hydrogen-bond donors (Lipinski definition) is 1. The minimum absolute atomic E-state index is 0. The van der Waals surface area contributed by atoms with Gasteiger partial charge in [-0.05, 0) is 19.2 Å². The molecule has 0 bridgehead atoms. The van der Waals surface area contributed by atoms with Crippen molar-refractivity contribution in [2.24, 2.45) is 0 Å². The first-order valence-electron chi connectivity index (χ1n) is 7.54. The molecule has 0 aliphatic carbocycles. The fraction of sp³-hybridized carbons (Fsp3) is 0.333. The molecule has 0 radical (unpaired) electrons. The lowest BCUT2D eigenvalue weighted by molar-refractivity contribution is 0.190. The molecule has 0 spiro atoms. The standard InChI is InChI=1S/C15H17N7O.ClH/c1-21-8-7-16-9-13(21)14-17-15(23-19-14)12-10-22(20-18-12)11-5-3-2-4-6-11;/h2-6,10,13,16H,7-9H2,1H3;1H. The van der Waals surface area contributed by atoms with Crippen molar-refractivity contribution in [3.05, 3.63) is 42.4 Å². The highest BCUT2D eigenvalue weighted by molar-refractivity contribution is 5.85. The summed E-state index contributed by atoms with van der Waals surface area (Å²) in [7, 11) is 2.06. The summed E-state index contributed by atoms with van der Waals surface area (Å²) < 4.78 is 7.06. The van der Waals surface area contributed by atoms with E-state index in [1.54, 1.807) is 10.9 Å². The highest BCUT2D eigenvalue weighted by atomic mass is 35.5. The number of likely N-dealkylation sites (N-methyl/N-ethyl adjacent to an activating group) is 1. The summed E-state index contributed by atoms with van der Waals surface area (Å²) in [5.74, 6) is 1.06. The van der Waals surface area contributed by atoms with Crippen LogP contribution in [-0.2, 0) is 0 Å². The molecule has 1 saturated heterocycles. The van der Waals surface area contributed by atoms with Crippen molar-refractivity contribution >= 4 is 12.4 Å². The van der Waals surface area contributed by atoms with E-state index in [0.717, 1.165) is 25.3 Å². The Morgan fingerprint density at radius 3 is 2.88 bits per heavy atom. The number of nitrogens with zero attached hydrogens (tertiary/aromatic N) is 6. The Bertz CT molecular complexity index is 788. The second-order valence-corrected chi connectivity index (χ2v) is 5.54. The summed E-state index contributed by atoms with van der Waals surface area (Å²) >= 11 is 0. The van der Waals surface area contributed by atoms with Crippen LogP contribution in [0, 0.1) is 0 Å². The number of halogens is 1. The number of para-hydroxylation sites is 1. The average Bonchev–Trinajstić information content (AvgIpc) is 3.25. The lowest BCUT2D eigenvalue weighted by atomic mass is 10.2. The molecule has 4 rings (SSSR count). The van der Waals surface area contributed by atoms with Gasteiger partial charge in [-0.2, -0.15) is 4.98 Å². The van der Waals surface area contributed by atoms with Crippen LogP contribution in [-0.4, -0.2) is 56.7 Å². The van der Waals surface area contributed by atoms with Crippen molar-refractivity contribution in [3.8, 4) is 17.3 Å². The molecular formula is C15H18ClN7O. The van der Waals surface area contributed by atoms with E-state index >= 15 is 0 Å². The smallest absolute Gasteiger partial charge is 0.280 e. The van der Waals surface area contributed by atoms with Gasteiger partial charge in [-0.15, -0.1) is 17.5 Å². The van der Waals surface area contributed by atoms with Gasteiger partial charge in [0.05, 0.1) is 17.9 Å². The third-order valence-electron chi connectivity index (χ3n) is 3.98. The average molecular weight is 348 g/mol. The first-order chi connectivity index (χ1) is 11.3. The summed E-state index contributed by atoms with van der Waals surface area (Å²) in [4.78, 5) is 6.70. The number of hydrogen-bond acceptors (Lipinski definition) is 7. The topological polar surface area (TPSA) is 84.9 Å². The predicted molar refractivity (Wildman–Crippen MR) is 90.1 cm³/mol. The van der Waals surface area contributed by atoms with Gasteiger partial charge in [0, 0.05) is 19.6 Å². The van der Waals surface area contributed by atoms with Crippen molar-refractivity contribution in [1.82, 2.24) is 35.4 Å². The molecule has 9 heteroatoms. The molecule has 2 aromatic heterocycles. The van der Waals surface area contributed by atoms with E-state index in [-0.39, 0.29) is 18.4 Å². The maximum Gasteiger partial charge on any atom is 0.280 e. The van der Waals surface area contributed by atoms with Crippen LogP contribution in [0.2, 0.25) is 0 Å². The molecule has 1 aromatic carbocycles. The van der Waals surface area contributed by atoms with Gasteiger partial charge < -0.3 is 9.84 Å². The first-order valence-corrected chi connectivity index (χ1v) is 7.54. The van der Waals surface area contributed by atoms with Crippen LogP contribution in [0.4, 0.5) is 0 Å². The van der Waals surface area contributed by atoms with Gasteiger partial charge in [0.15, 0.2) is 11.5 Å². The number of benzene rings is 1. The zero-order valence-electron chi connectivity index (χ0n) is 13.2. The van der Waals surface area contributed by atoms with Gasteiger partial charge in [-0.3, -0.25) is 4.90 Å². The molecule has 1 fully saturated rings. The SMILES string of the molecule is CN1CCNCC1c1noc(-c2cn(-c3ccccc3)nn2)n1.Cl. The van der Waals surface area contributed by atoms with E-state index in [1.807, 2.05) is 30.3 Å². The lowest BCUT2D eigenvalue weighted by Gasteiger charge is -2.30. The van der Waals surface area contributed by atoms with Crippen LogP contribution in [0.1, 0.15) is 11.9 Å². The third-order valence-corrected chi connectivity index (χ3v) is 3.98. The van der Waals surface area contributed by atoms with Crippen molar-refractivity contribution < 1.29 is 4.52 Å². The first kappa shape index (κ1) is 16.6. The molecular weight excluding hydrogens is 330 g/mol. The van der Waals surface area contributed by atoms with Crippen LogP contribution in [0.5, 0.6) is 0 Å². The summed E-state index contributed by atoms with van der Waals surface area (Å²) in [5.41, 5.74) is 1.50. The molecule has 1 N–H and O–H groups in total. The second kappa shape index (κ2) is 7.08. The molecule has 1 aliphatic heterocycles. The molecule has 3 heterocycles. The van der Waals surface area contributed by atoms with Gasteiger partial charge in [0.25, 0.3) is 5.89 Å². The number of rotatable bonds is 3. The van der Waals surface area contributed by atoms with Crippen molar-refractivity contribution in [2.45, 2.75) is 6.04 Å². The Hall–Kier alpha value is -2.29. The normalized spacial score (nSPS) is 18.3. The van der Waals surface area contributed by atoms with Crippen LogP contribution in [0.15, 0.2) is 41.1 Å². The van der Waals surface area contributed by atoms with Crippen molar-refractivity contribution in [2.75, 3.05) is 26.7 Å². The zero-order valence-corrected chi connectivity index (χ0v) is 14.0. The number of nitrogens with one attached hydrogen (secondary N) is 1. The zero-order chi connectivity index (χ0) is 15.6. The van der Waals surface area contributed by atoms with Gasteiger partial charge >= 0.3 is 0 Å². The van der Waals surface area contributed by atoms with Crippen LogP contribution in [0.25, 0.3) is 17.3 Å². The molecule has 126 valence electrons. The van der Waals surface area contributed by atoms with Crippen molar-refractivity contribution in [1.29, 1.82) is 0 Å². The van der Waals surface area contributed by atoms with E-state index in [9.17, 15) is 0 Å². The van der Waals surface area contributed by atoms with Gasteiger partial charge in [-0.1, -0.05) is 28.6 Å². The van der Waals surface area contributed by atoms with E-state index in [0.29, 0.717) is 17.4 Å². The second-order valence-electron chi connectivity index (χ2n) is 5.54. The lowest BCUT2D eigenvalue weighted by Crippen LogP contribution is -2.44. The van der Waals surface area contributed by atoms with Crippen molar-refractivity contribution in [3.63, 3.8) is 0 Å². The molecule has 3 aromatic rings. The molecule has 1 atom stereocenters. The predicted octanol–water partition coefficient (Wildman–Crippen LogP) is 1.32. The summed E-state index contributed by atoms with van der Waals surface area (Å²) in [6.07, 6.45) is 1.79. The largest absolute Gasteiger partial charge is 0.332 e. The van der Waals surface area contributed by atoms with Gasteiger partial charge in [0.2, 0.25) is 0 Å². The minimum atomic E-state index is 0. The highest BCUT2D eigenvalue weighted by Gasteiger charge is 2.26. The summed E-state index contributed by atoms with van der Waals surface area (Å²) in [5, 5.41) is 15.7. The van der Waals surface area contributed by atoms with Crippen LogP contribution >= 0.6 is 12.4 Å². The number of piperazine rings is 1. The molecule has 8 nitrogen and oxygen atoms in total. The fourth-order valence-electron chi connectivity index (χ4n) is 2.64. The Morgan fingerprint density at radius 2 is 2.08 bits per heavy atom. The fourth-order valence-corrected chi connectivity index (χ4v) is 2.64. The van der Waals surface area contributed by atoms with E-state index in [1.165, 1.54) is 0 Å². The molecule has 0 amide bonds. The van der Waals surface area contributed by atoms with E-state index in [4.69, 9.17) is 4.52 Å². The van der Waals surface area contributed by atoms with Gasteiger partial charge in [-0.25, -0.2) is 4.68 Å². The maximum atomic E-state index is 5.37. The minimum Gasteiger partial charge on any atom is -0.332 e. The summed E-state index contributed by atoms with van der Waals surface area (Å²) in [6, 6.07) is 9.90. The maximum absolute atomic E-state index is 5.37.